The van der Waals surface area contributed by atoms with Crippen LogP contribution in [0.15, 0.2) is 54.6 Å². The first kappa shape index (κ1) is 16.5. The van der Waals surface area contributed by atoms with E-state index in [0.717, 1.165) is 42.2 Å². The maximum Gasteiger partial charge on any atom is 0.245 e. The summed E-state index contributed by atoms with van der Waals surface area (Å²) in [6.45, 7) is 0.960. The van der Waals surface area contributed by atoms with E-state index in [-0.39, 0.29) is 5.91 Å². The smallest absolute Gasteiger partial charge is 0.245 e. The van der Waals surface area contributed by atoms with Crippen LogP contribution < -0.4 is 11.1 Å². The van der Waals surface area contributed by atoms with Gasteiger partial charge in [-0.25, -0.2) is 0 Å². The van der Waals surface area contributed by atoms with Crippen LogP contribution in [-0.4, -0.2) is 20.7 Å². The SMILES string of the molecule is NC(C(=O)Nc1ccc(-c2nnc3n2CCCC3)cc1)c1ccccc1. The summed E-state index contributed by atoms with van der Waals surface area (Å²) in [4.78, 5) is 12.4. The summed E-state index contributed by atoms with van der Waals surface area (Å²) in [5.41, 5.74) is 8.53. The molecule has 0 fully saturated rings. The fourth-order valence-electron chi connectivity index (χ4n) is 3.26. The molecule has 3 N–H and O–H groups in total. The average Bonchev–Trinajstić information content (AvgIpc) is 3.13. The fraction of sp³-hybridized carbons (Fsp3) is 0.250. The van der Waals surface area contributed by atoms with Gasteiger partial charge in [0.05, 0.1) is 0 Å². The van der Waals surface area contributed by atoms with E-state index in [1.807, 2.05) is 54.6 Å². The van der Waals surface area contributed by atoms with Gasteiger partial charge < -0.3 is 15.6 Å². The highest BCUT2D eigenvalue weighted by atomic mass is 16.2. The van der Waals surface area contributed by atoms with E-state index in [4.69, 9.17) is 5.73 Å². The second kappa shape index (κ2) is 7.09. The number of benzene rings is 2. The number of nitrogens with one attached hydrogen (secondary N) is 1. The maximum absolute atomic E-state index is 12.4. The van der Waals surface area contributed by atoms with Crippen molar-refractivity contribution in [2.45, 2.75) is 31.8 Å². The van der Waals surface area contributed by atoms with Gasteiger partial charge in [0.2, 0.25) is 5.91 Å². The molecule has 6 heteroatoms. The number of fused-ring (bicyclic) bond motifs is 1. The van der Waals surface area contributed by atoms with E-state index >= 15 is 0 Å². The summed E-state index contributed by atoms with van der Waals surface area (Å²) in [6.07, 6.45) is 3.31. The Balaban J connectivity index is 1.48. The summed E-state index contributed by atoms with van der Waals surface area (Å²) in [7, 11) is 0. The van der Waals surface area contributed by atoms with Crippen molar-refractivity contribution in [3.05, 3.63) is 66.0 Å². The largest absolute Gasteiger partial charge is 0.324 e. The van der Waals surface area contributed by atoms with Gasteiger partial charge in [-0.1, -0.05) is 30.3 Å². The zero-order valence-corrected chi connectivity index (χ0v) is 14.4. The molecule has 2 heterocycles. The minimum atomic E-state index is -0.695. The molecule has 6 nitrogen and oxygen atoms in total. The lowest BCUT2D eigenvalue weighted by Crippen LogP contribution is -2.27. The first-order valence-electron chi connectivity index (χ1n) is 8.86. The van der Waals surface area contributed by atoms with Crippen LogP contribution in [0.1, 0.15) is 30.3 Å². The molecule has 0 bridgehead atoms. The van der Waals surface area contributed by atoms with Crippen molar-refractivity contribution >= 4 is 11.6 Å². The first-order chi connectivity index (χ1) is 12.7. The highest BCUT2D eigenvalue weighted by Gasteiger charge is 2.18. The molecule has 0 spiro atoms. The molecule has 4 rings (SSSR count). The van der Waals surface area contributed by atoms with Crippen LogP contribution in [-0.2, 0) is 17.8 Å². The zero-order chi connectivity index (χ0) is 17.9. The molecule has 0 saturated heterocycles. The number of carbonyl (C=O) groups excluding carboxylic acids is 1. The number of nitrogens with zero attached hydrogens (tertiary/aromatic N) is 3. The van der Waals surface area contributed by atoms with E-state index in [9.17, 15) is 4.79 Å². The van der Waals surface area contributed by atoms with Crippen molar-refractivity contribution < 1.29 is 4.79 Å². The Hall–Kier alpha value is -2.99. The zero-order valence-electron chi connectivity index (χ0n) is 14.4. The van der Waals surface area contributed by atoms with E-state index < -0.39 is 6.04 Å². The molecule has 2 aromatic carbocycles. The Bertz CT molecular complexity index is 902. The molecule has 3 aromatic rings. The third-order valence-electron chi connectivity index (χ3n) is 4.71. The molecular weight excluding hydrogens is 326 g/mol. The Morgan fingerprint density at radius 3 is 2.58 bits per heavy atom. The molecule has 0 radical (unpaired) electrons. The molecular formula is C20H21N5O. The molecule has 26 heavy (non-hydrogen) atoms. The van der Waals surface area contributed by atoms with Crippen LogP contribution in [0, 0.1) is 0 Å². The van der Waals surface area contributed by atoms with Crippen molar-refractivity contribution in [3.63, 3.8) is 0 Å². The standard InChI is InChI=1S/C20H21N5O/c21-18(14-6-2-1-3-7-14)20(26)22-16-11-9-15(10-12-16)19-24-23-17-8-4-5-13-25(17)19/h1-3,6-7,9-12,18H,4-5,8,13,21H2,(H,22,26). The van der Waals surface area contributed by atoms with E-state index in [1.165, 1.54) is 6.42 Å². The average molecular weight is 347 g/mol. The number of aromatic nitrogens is 3. The van der Waals surface area contributed by atoms with Gasteiger partial charge in [-0.05, 0) is 42.7 Å². The molecule has 1 aliphatic heterocycles. The van der Waals surface area contributed by atoms with Crippen LogP contribution in [0.2, 0.25) is 0 Å². The number of hydrogen-bond acceptors (Lipinski definition) is 4. The summed E-state index contributed by atoms with van der Waals surface area (Å²) in [5, 5.41) is 11.5. The van der Waals surface area contributed by atoms with Gasteiger partial charge in [-0.3, -0.25) is 4.79 Å². The van der Waals surface area contributed by atoms with Crippen LogP contribution >= 0.6 is 0 Å². The number of rotatable bonds is 4. The Kier molecular flexibility index (Phi) is 4.50. The highest BCUT2D eigenvalue weighted by Crippen LogP contribution is 2.24. The summed E-state index contributed by atoms with van der Waals surface area (Å²) >= 11 is 0. The fourth-order valence-corrected chi connectivity index (χ4v) is 3.26. The number of hydrogen-bond donors (Lipinski definition) is 2. The topological polar surface area (TPSA) is 85.8 Å². The van der Waals surface area contributed by atoms with Gasteiger partial charge in [-0.2, -0.15) is 0 Å². The summed E-state index contributed by atoms with van der Waals surface area (Å²) in [5.74, 6) is 1.71. The minimum Gasteiger partial charge on any atom is -0.324 e. The molecule has 132 valence electrons. The van der Waals surface area contributed by atoms with E-state index in [2.05, 4.69) is 20.1 Å². The Labute approximate surface area is 152 Å². The molecule has 1 unspecified atom stereocenters. The second-order valence-electron chi connectivity index (χ2n) is 6.50. The number of anilines is 1. The summed E-state index contributed by atoms with van der Waals surface area (Å²) in [6, 6.07) is 16.3. The number of nitrogens with two attached hydrogens (primary N) is 1. The molecule has 0 saturated carbocycles. The molecule has 1 atom stereocenters. The molecule has 1 amide bonds. The summed E-state index contributed by atoms with van der Waals surface area (Å²) < 4.78 is 2.18. The van der Waals surface area contributed by atoms with Crippen LogP contribution in [0.25, 0.3) is 11.4 Å². The van der Waals surface area contributed by atoms with E-state index in [0.29, 0.717) is 5.69 Å². The maximum atomic E-state index is 12.4. The van der Waals surface area contributed by atoms with Crippen LogP contribution in [0.4, 0.5) is 5.69 Å². The van der Waals surface area contributed by atoms with Crippen molar-refractivity contribution in [3.8, 4) is 11.4 Å². The van der Waals surface area contributed by atoms with Gasteiger partial charge in [0.25, 0.3) is 0 Å². The van der Waals surface area contributed by atoms with Crippen LogP contribution in [0.5, 0.6) is 0 Å². The lowest BCUT2D eigenvalue weighted by molar-refractivity contribution is -0.117. The lowest BCUT2D eigenvalue weighted by Gasteiger charge is -2.15. The van der Waals surface area contributed by atoms with Gasteiger partial charge in [0.1, 0.15) is 11.9 Å². The molecule has 1 aromatic heterocycles. The quantitative estimate of drug-likeness (QED) is 0.760. The molecule has 1 aliphatic rings. The van der Waals surface area contributed by atoms with Crippen molar-refractivity contribution in [1.82, 2.24) is 14.8 Å². The third kappa shape index (κ3) is 3.23. The predicted molar refractivity (Wildman–Crippen MR) is 100 cm³/mol. The number of carbonyl (C=O) groups is 1. The number of aryl methyl sites for hydroxylation is 1. The minimum absolute atomic E-state index is 0.233. The predicted octanol–water partition coefficient (Wildman–Crippen LogP) is 2.92. The van der Waals surface area contributed by atoms with Gasteiger partial charge >= 0.3 is 0 Å². The van der Waals surface area contributed by atoms with Crippen molar-refractivity contribution in [2.75, 3.05) is 5.32 Å². The normalized spacial score (nSPS) is 14.5. The highest BCUT2D eigenvalue weighted by molar-refractivity contribution is 5.95. The lowest BCUT2D eigenvalue weighted by atomic mass is 10.1. The van der Waals surface area contributed by atoms with Crippen LogP contribution in [0.3, 0.4) is 0 Å². The Morgan fingerprint density at radius 1 is 1.04 bits per heavy atom. The van der Waals surface area contributed by atoms with Gasteiger partial charge in [0.15, 0.2) is 5.82 Å². The van der Waals surface area contributed by atoms with Gasteiger partial charge in [0, 0.05) is 24.2 Å². The van der Waals surface area contributed by atoms with E-state index in [1.54, 1.807) is 0 Å². The third-order valence-corrected chi connectivity index (χ3v) is 4.71. The van der Waals surface area contributed by atoms with Crippen molar-refractivity contribution in [2.24, 2.45) is 5.73 Å². The first-order valence-corrected chi connectivity index (χ1v) is 8.86. The number of amides is 1. The van der Waals surface area contributed by atoms with Gasteiger partial charge in [-0.15, -0.1) is 10.2 Å². The van der Waals surface area contributed by atoms with Crippen molar-refractivity contribution in [1.29, 1.82) is 0 Å². The monoisotopic (exact) mass is 347 g/mol. The molecule has 0 aliphatic carbocycles. The second-order valence-corrected chi connectivity index (χ2v) is 6.50. The Morgan fingerprint density at radius 2 is 1.81 bits per heavy atom.